The molecule has 0 saturated carbocycles. The van der Waals surface area contributed by atoms with Gasteiger partial charge in [-0.15, -0.1) is 12.4 Å². The zero-order valence-electron chi connectivity index (χ0n) is 14.5. The number of hydrogen-bond donors (Lipinski definition) is 3. The molecule has 0 aliphatic carbocycles. The average molecular weight is 342 g/mol. The van der Waals surface area contributed by atoms with Crippen molar-refractivity contribution in [3.8, 4) is 0 Å². The smallest absolute Gasteiger partial charge is 0.229 e. The zero-order chi connectivity index (χ0) is 16.9. The molecule has 5 nitrogen and oxygen atoms in total. The van der Waals surface area contributed by atoms with Crippen molar-refractivity contribution in [2.75, 3.05) is 10.6 Å². The first kappa shape index (κ1) is 21.4. The molecule has 0 heterocycles. The van der Waals surface area contributed by atoms with E-state index in [-0.39, 0.29) is 30.3 Å². The number of carbonyl (C=O) groups is 2. The summed E-state index contributed by atoms with van der Waals surface area (Å²) in [6, 6.07) is 5.49. The number of nitrogens with two attached hydrogens (primary N) is 1. The Kier molecular flexibility index (Phi) is 8.28. The number of nitrogens with one attached hydrogen (secondary N) is 2. The van der Waals surface area contributed by atoms with E-state index in [1.807, 2.05) is 46.8 Å². The van der Waals surface area contributed by atoms with Crippen LogP contribution in [0.3, 0.4) is 0 Å². The summed E-state index contributed by atoms with van der Waals surface area (Å²) >= 11 is 0. The Morgan fingerprint density at radius 1 is 1.22 bits per heavy atom. The Hall–Kier alpha value is -1.59. The number of hydrogen-bond acceptors (Lipinski definition) is 3. The van der Waals surface area contributed by atoms with E-state index in [1.165, 1.54) is 0 Å². The molecule has 0 spiro atoms. The van der Waals surface area contributed by atoms with Crippen molar-refractivity contribution in [2.45, 2.75) is 53.5 Å². The number of amides is 2. The van der Waals surface area contributed by atoms with Gasteiger partial charge in [0.2, 0.25) is 11.8 Å². The maximum Gasteiger partial charge on any atom is 0.229 e. The van der Waals surface area contributed by atoms with E-state index in [2.05, 4.69) is 10.6 Å². The van der Waals surface area contributed by atoms with Crippen LogP contribution in [0, 0.1) is 12.3 Å². The molecule has 0 fully saturated rings. The average Bonchev–Trinajstić information content (AvgIpc) is 2.39. The second kappa shape index (κ2) is 8.89. The van der Waals surface area contributed by atoms with Gasteiger partial charge in [0.25, 0.3) is 0 Å². The van der Waals surface area contributed by atoms with E-state index in [9.17, 15) is 9.59 Å². The van der Waals surface area contributed by atoms with Gasteiger partial charge in [-0.25, -0.2) is 0 Å². The third kappa shape index (κ3) is 7.48. The highest BCUT2D eigenvalue weighted by atomic mass is 35.5. The highest BCUT2D eigenvalue weighted by Crippen LogP contribution is 2.23. The zero-order valence-corrected chi connectivity index (χ0v) is 15.3. The first-order valence-corrected chi connectivity index (χ1v) is 7.57. The minimum Gasteiger partial charge on any atom is -0.328 e. The SMILES string of the molecule is Cc1ccc(NC(=O)C(C)(C)C)cc1NC(=O)CCC(C)N.Cl. The van der Waals surface area contributed by atoms with Gasteiger partial charge in [-0.3, -0.25) is 9.59 Å². The monoisotopic (exact) mass is 341 g/mol. The molecule has 0 aliphatic rings. The number of halogens is 1. The lowest BCUT2D eigenvalue weighted by atomic mass is 9.95. The third-order valence-corrected chi connectivity index (χ3v) is 3.28. The molecule has 1 aromatic carbocycles. The van der Waals surface area contributed by atoms with Crippen molar-refractivity contribution in [2.24, 2.45) is 11.1 Å². The first-order chi connectivity index (χ1) is 10.1. The standard InChI is InChI=1S/C17H27N3O2.ClH/c1-11-6-8-13(19-16(22)17(3,4)5)10-14(11)20-15(21)9-7-12(2)18;/h6,8,10,12H,7,9,18H2,1-5H3,(H,19,22)(H,20,21);1H. The van der Waals surface area contributed by atoms with Crippen molar-refractivity contribution in [1.82, 2.24) is 0 Å². The topological polar surface area (TPSA) is 84.2 Å². The van der Waals surface area contributed by atoms with Crippen LogP contribution < -0.4 is 16.4 Å². The van der Waals surface area contributed by atoms with Gasteiger partial charge in [0.1, 0.15) is 0 Å². The van der Waals surface area contributed by atoms with Gasteiger partial charge in [-0.05, 0) is 38.0 Å². The van der Waals surface area contributed by atoms with Crippen LogP contribution in [-0.2, 0) is 9.59 Å². The van der Waals surface area contributed by atoms with Gasteiger partial charge < -0.3 is 16.4 Å². The predicted octanol–water partition coefficient (Wildman–Crippen LogP) is 3.47. The number of benzene rings is 1. The Labute approximate surface area is 144 Å². The van der Waals surface area contributed by atoms with Crippen LogP contribution in [0.2, 0.25) is 0 Å². The molecule has 2 amide bonds. The van der Waals surface area contributed by atoms with Gasteiger partial charge in [0.15, 0.2) is 0 Å². The summed E-state index contributed by atoms with van der Waals surface area (Å²) in [6.07, 6.45) is 1.03. The highest BCUT2D eigenvalue weighted by Gasteiger charge is 2.21. The van der Waals surface area contributed by atoms with Crippen LogP contribution in [0.1, 0.15) is 46.1 Å². The molecule has 0 radical (unpaired) electrons. The Morgan fingerprint density at radius 2 is 1.83 bits per heavy atom. The summed E-state index contributed by atoms with van der Waals surface area (Å²) in [7, 11) is 0. The third-order valence-electron chi connectivity index (χ3n) is 3.28. The minimum absolute atomic E-state index is 0. The lowest BCUT2D eigenvalue weighted by molar-refractivity contribution is -0.123. The van der Waals surface area contributed by atoms with Gasteiger partial charge in [-0.1, -0.05) is 26.8 Å². The summed E-state index contributed by atoms with van der Waals surface area (Å²) in [4.78, 5) is 23.9. The highest BCUT2D eigenvalue weighted by molar-refractivity contribution is 5.96. The molecule has 0 bridgehead atoms. The quantitative estimate of drug-likeness (QED) is 0.766. The summed E-state index contributed by atoms with van der Waals surface area (Å²) in [5.41, 5.74) is 7.52. The first-order valence-electron chi connectivity index (χ1n) is 7.57. The number of anilines is 2. The van der Waals surface area contributed by atoms with Crippen LogP contribution >= 0.6 is 12.4 Å². The van der Waals surface area contributed by atoms with Crippen molar-refractivity contribution >= 4 is 35.6 Å². The molecule has 0 aliphatic heterocycles. The van der Waals surface area contributed by atoms with Crippen molar-refractivity contribution in [3.63, 3.8) is 0 Å². The minimum atomic E-state index is -0.467. The molecule has 1 aromatic rings. The molecule has 4 N–H and O–H groups in total. The molecule has 1 rings (SSSR count). The largest absolute Gasteiger partial charge is 0.328 e. The fourth-order valence-electron chi connectivity index (χ4n) is 1.72. The Bertz CT molecular complexity index is 551. The second-order valence-electron chi connectivity index (χ2n) is 6.80. The van der Waals surface area contributed by atoms with Gasteiger partial charge in [0, 0.05) is 29.3 Å². The molecule has 0 saturated heterocycles. The van der Waals surface area contributed by atoms with E-state index in [1.54, 1.807) is 6.07 Å². The summed E-state index contributed by atoms with van der Waals surface area (Å²) in [5, 5.41) is 5.73. The van der Waals surface area contributed by atoms with E-state index < -0.39 is 5.41 Å². The van der Waals surface area contributed by atoms with Crippen molar-refractivity contribution in [3.05, 3.63) is 23.8 Å². The van der Waals surface area contributed by atoms with E-state index >= 15 is 0 Å². The molecule has 1 unspecified atom stereocenters. The normalized spacial score (nSPS) is 12.1. The van der Waals surface area contributed by atoms with Crippen LogP contribution in [0.25, 0.3) is 0 Å². The van der Waals surface area contributed by atoms with Crippen LogP contribution in [0.15, 0.2) is 18.2 Å². The van der Waals surface area contributed by atoms with E-state index in [0.29, 0.717) is 24.2 Å². The Morgan fingerprint density at radius 3 is 2.35 bits per heavy atom. The van der Waals surface area contributed by atoms with Crippen LogP contribution in [-0.4, -0.2) is 17.9 Å². The number of carbonyl (C=O) groups excluding carboxylic acids is 2. The van der Waals surface area contributed by atoms with Crippen molar-refractivity contribution in [1.29, 1.82) is 0 Å². The van der Waals surface area contributed by atoms with Gasteiger partial charge >= 0.3 is 0 Å². The van der Waals surface area contributed by atoms with E-state index in [0.717, 1.165) is 5.56 Å². The molecule has 130 valence electrons. The number of aryl methyl sites for hydroxylation is 1. The summed E-state index contributed by atoms with van der Waals surface area (Å²) < 4.78 is 0. The fraction of sp³-hybridized carbons (Fsp3) is 0.529. The second-order valence-corrected chi connectivity index (χ2v) is 6.80. The predicted molar refractivity (Wildman–Crippen MR) is 98.0 cm³/mol. The Balaban J connectivity index is 0.00000484. The van der Waals surface area contributed by atoms with Crippen LogP contribution in [0.4, 0.5) is 11.4 Å². The van der Waals surface area contributed by atoms with Crippen LogP contribution in [0.5, 0.6) is 0 Å². The maximum atomic E-state index is 12.0. The number of rotatable bonds is 5. The fourth-order valence-corrected chi connectivity index (χ4v) is 1.72. The van der Waals surface area contributed by atoms with Gasteiger partial charge in [-0.2, -0.15) is 0 Å². The maximum absolute atomic E-state index is 12.0. The van der Waals surface area contributed by atoms with E-state index in [4.69, 9.17) is 5.73 Å². The lowest BCUT2D eigenvalue weighted by Gasteiger charge is -2.18. The molecule has 0 aromatic heterocycles. The molecule has 6 heteroatoms. The van der Waals surface area contributed by atoms with Gasteiger partial charge in [0.05, 0.1) is 0 Å². The molecule has 23 heavy (non-hydrogen) atoms. The summed E-state index contributed by atoms with van der Waals surface area (Å²) in [5.74, 6) is -0.134. The van der Waals surface area contributed by atoms with Crippen molar-refractivity contribution < 1.29 is 9.59 Å². The molecular weight excluding hydrogens is 314 g/mol. The lowest BCUT2D eigenvalue weighted by Crippen LogP contribution is -2.27. The summed E-state index contributed by atoms with van der Waals surface area (Å²) in [6.45, 7) is 9.35. The molecular formula is C17H28ClN3O2. The molecule has 1 atom stereocenters.